The Labute approximate surface area is 223 Å². The van der Waals surface area contributed by atoms with Crippen LogP contribution in [-0.2, 0) is 22.0 Å². The van der Waals surface area contributed by atoms with Gasteiger partial charge in [-0.3, -0.25) is 4.79 Å². The molecule has 2 aromatic carbocycles. The van der Waals surface area contributed by atoms with E-state index in [0.717, 1.165) is 61.1 Å². The van der Waals surface area contributed by atoms with Crippen LogP contribution in [0.15, 0.2) is 53.4 Å². The first-order chi connectivity index (χ1) is 18.3. The van der Waals surface area contributed by atoms with E-state index in [-0.39, 0.29) is 28.5 Å². The van der Waals surface area contributed by atoms with E-state index < -0.39 is 22.0 Å². The number of aliphatic hydroxyl groups excluding tert-OH is 1. The number of unbranched alkanes of at least 4 members (excludes halogenated alkanes) is 3. The number of carbonyl (C=O) groups is 1. The Morgan fingerprint density at radius 2 is 1.97 bits per heavy atom. The molecule has 1 unspecified atom stereocenters. The summed E-state index contributed by atoms with van der Waals surface area (Å²) in [5.41, 5.74) is 2.58. The van der Waals surface area contributed by atoms with Crippen molar-refractivity contribution in [1.29, 1.82) is 0 Å². The highest BCUT2D eigenvalue weighted by atomic mass is 32.2. The Kier molecular flexibility index (Phi) is 6.48. The van der Waals surface area contributed by atoms with Crippen LogP contribution in [0.3, 0.4) is 0 Å². The molecule has 4 atom stereocenters. The number of sulfonamides is 1. The van der Waals surface area contributed by atoms with Crippen molar-refractivity contribution >= 4 is 15.9 Å². The third-order valence-corrected chi connectivity index (χ3v) is 10.5. The van der Waals surface area contributed by atoms with Crippen molar-refractivity contribution in [2.45, 2.75) is 67.6 Å². The molecule has 3 heterocycles. The SMILES string of the molecule is COc1ccc2c3c1O[C@H]1C[C@@H](O)C=C[C@@]31CC[NH+](CCCCCCN1C(=O)c3ccccc3S1(=O)=O)C2. The van der Waals surface area contributed by atoms with Gasteiger partial charge in [0.1, 0.15) is 17.5 Å². The van der Waals surface area contributed by atoms with Gasteiger partial charge in [0.15, 0.2) is 11.5 Å². The molecule has 2 aromatic rings. The van der Waals surface area contributed by atoms with Gasteiger partial charge < -0.3 is 19.5 Å². The van der Waals surface area contributed by atoms with Crippen molar-refractivity contribution in [2.24, 2.45) is 0 Å². The molecule has 8 nitrogen and oxygen atoms in total. The summed E-state index contributed by atoms with van der Waals surface area (Å²) in [6.45, 7) is 3.18. The molecular formula is C29H35N2O6S+. The van der Waals surface area contributed by atoms with Gasteiger partial charge in [0.05, 0.1) is 37.3 Å². The van der Waals surface area contributed by atoms with E-state index in [9.17, 15) is 18.3 Å². The van der Waals surface area contributed by atoms with E-state index >= 15 is 0 Å². The van der Waals surface area contributed by atoms with E-state index in [2.05, 4.69) is 12.1 Å². The van der Waals surface area contributed by atoms with Crippen LogP contribution >= 0.6 is 0 Å². The topological polar surface area (TPSA) is 97.6 Å². The summed E-state index contributed by atoms with van der Waals surface area (Å²) in [5.74, 6) is 1.18. The maximum absolute atomic E-state index is 12.7. The van der Waals surface area contributed by atoms with Gasteiger partial charge in [-0.2, -0.15) is 0 Å². The molecule has 0 saturated carbocycles. The smallest absolute Gasteiger partial charge is 0.269 e. The molecule has 0 aromatic heterocycles. The van der Waals surface area contributed by atoms with E-state index in [1.165, 1.54) is 22.1 Å². The van der Waals surface area contributed by atoms with Gasteiger partial charge in [0, 0.05) is 30.5 Å². The van der Waals surface area contributed by atoms with Crippen molar-refractivity contribution in [3.05, 3.63) is 65.2 Å². The van der Waals surface area contributed by atoms with E-state index in [4.69, 9.17) is 9.47 Å². The minimum absolute atomic E-state index is 0.0809. The zero-order valence-corrected chi connectivity index (χ0v) is 22.5. The zero-order valence-electron chi connectivity index (χ0n) is 21.7. The van der Waals surface area contributed by atoms with Crippen LogP contribution in [-0.4, -0.2) is 62.7 Å². The number of rotatable bonds is 8. The average molecular weight is 540 g/mol. The van der Waals surface area contributed by atoms with Gasteiger partial charge in [-0.15, -0.1) is 0 Å². The molecule has 0 saturated heterocycles. The van der Waals surface area contributed by atoms with Crippen molar-refractivity contribution in [1.82, 2.24) is 4.31 Å². The minimum atomic E-state index is -3.72. The fraction of sp³-hybridized carbons (Fsp3) is 0.483. The van der Waals surface area contributed by atoms with Crippen LogP contribution in [0, 0.1) is 0 Å². The third-order valence-electron chi connectivity index (χ3n) is 8.69. The first-order valence-corrected chi connectivity index (χ1v) is 15.0. The quantitative estimate of drug-likeness (QED) is 0.395. The summed E-state index contributed by atoms with van der Waals surface area (Å²) >= 11 is 0. The Bertz CT molecular complexity index is 1390. The molecule has 9 heteroatoms. The number of ether oxygens (including phenoxy) is 2. The summed E-state index contributed by atoms with van der Waals surface area (Å²) in [6.07, 6.45) is 8.64. The maximum Gasteiger partial charge on any atom is 0.269 e. The summed E-state index contributed by atoms with van der Waals surface area (Å²) in [4.78, 5) is 14.2. The number of aliphatic hydroxyl groups is 1. The van der Waals surface area contributed by atoms with Gasteiger partial charge in [0.2, 0.25) is 0 Å². The predicted molar refractivity (Wildman–Crippen MR) is 141 cm³/mol. The number of amides is 1. The lowest BCUT2D eigenvalue weighted by Gasteiger charge is -2.35. The molecule has 1 aliphatic carbocycles. The van der Waals surface area contributed by atoms with Crippen LogP contribution < -0.4 is 14.4 Å². The standard InChI is InChI=1S/C29H34N2O6S/c1-36-23-11-10-20-19-30(17-14-29-13-12-21(32)18-25(29)37-27(23)26(20)29)15-6-2-3-7-16-31-28(33)22-8-4-5-9-24(22)38(31,34)35/h4-5,8-13,21,25,32H,2-3,6-7,14-19H2,1H3/p+1/t21-,25-,29-/m0/s1. The summed E-state index contributed by atoms with van der Waals surface area (Å²) < 4.78 is 38.5. The second kappa shape index (κ2) is 9.70. The van der Waals surface area contributed by atoms with Crippen LogP contribution in [0.5, 0.6) is 11.5 Å². The molecule has 0 bridgehead atoms. The van der Waals surface area contributed by atoms with Crippen LogP contribution in [0.2, 0.25) is 0 Å². The number of benzene rings is 2. The molecule has 38 heavy (non-hydrogen) atoms. The first kappa shape index (κ1) is 25.4. The molecule has 4 aliphatic rings. The molecule has 6 rings (SSSR count). The third kappa shape index (κ3) is 4.03. The monoisotopic (exact) mass is 539 g/mol. The summed E-state index contributed by atoms with van der Waals surface area (Å²) in [7, 11) is -2.05. The lowest BCUT2D eigenvalue weighted by Crippen LogP contribution is -3.10. The second-order valence-electron chi connectivity index (χ2n) is 10.9. The number of nitrogens with one attached hydrogen (secondary N) is 1. The van der Waals surface area contributed by atoms with Crippen LogP contribution in [0.25, 0.3) is 0 Å². The molecule has 202 valence electrons. The predicted octanol–water partition coefficient (Wildman–Crippen LogP) is 2.21. The fourth-order valence-electron chi connectivity index (χ4n) is 6.74. The lowest BCUT2D eigenvalue weighted by molar-refractivity contribution is -0.914. The van der Waals surface area contributed by atoms with Crippen molar-refractivity contribution in [2.75, 3.05) is 26.7 Å². The summed E-state index contributed by atoms with van der Waals surface area (Å²) in [6, 6.07) is 10.6. The maximum atomic E-state index is 12.7. The molecule has 1 spiro atoms. The van der Waals surface area contributed by atoms with Crippen molar-refractivity contribution in [3.63, 3.8) is 0 Å². The minimum Gasteiger partial charge on any atom is -0.493 e. The van der Waals surface area contributed by atoms with Crippen molar-refractivity contribution < 1.29 is 32.7 Å². The zero-order chi connectivity index (χ0) is 26.5. The Hall–Kier alpha value is -2.88. The summed E-state index contributed by atoms with van der Waals surface area (Å²) in [5, 5.41) is 10.3. The second-order valence-corrected chi connectivity index (χ2v) is 12.7. The first-order valence-electron chi connectivity index (χ1n) is 13.6. The number of fused-ring (bicyclic) bond motifs is 1. The van der Waals surface area contributed by atoms with E-state index in [1.54, 1.807) is 25.3 Å². The normalized spacial score (nSPS) is 28.3. The number of quaternary nitrogens is 1. The fourth-order valence-corrected chi connectivity index (χ4v) is 8.35. The highest BCUT2D eigenvalue weighted by Crippen LogP contribution is 2.54. The number of hydrogen-bond donors (Lipinski definition) is 2. The van der Waals surface area contributed by atoms with Gasteiger partial charge in [-0.05, 0) is 43.5 Å². The molecule has 1 amide bonds. The largest absolute Gasteiger partial charge is 0.493 e. The molecule has 0 radical (unpaired) electrons. The van der Waals surface area contributed by atoms with Crippen molar-refractivity contribution in [3.8, 4) is 11.5 Å². The highest BCUT2D eigenvalue weighted by Gasteiger charge is 2.53. The van der Waals surface area contributed by atoms with E-state index in [0.29, 0.717) is 12.8 Å². The number of hydrogen-bond acceptors (Lipinski definition) is 6. The van der Waals surface area contributed by atoms with Gasteiger partial charge >= 0.3 is 0 Å². The van der Waals surface area contributed by atoms with Crippen LogP contribution in [0.4, 0.5) is 0 Å². The highest BCUT2D eigenvalue weighted by molar-refractivity contribution is 7.90. The van der Waals surface area contributed by atoms with E-state index in [1.807, 2.05) is 12.1 Å². The molecule has 0 fully saturated rings. The number of nitrogens with zero attached hydrogens (tertiary/aromatic N) is 1. The Balaban J connectivity index is 1.06. The molecule has 2 N–H and O–H groups in total. The average Bonchev–Trinajstić information content (AvgIpc) is 3.26. The lowest BCUT2D eigenvalue weighted by atomic mass is 9.69. The number of carbonyl (C=O) groups excluding carboxylic acids is 1. The molecule has 3 aliphatic heterocycles. The molecular weight excluding hydrogens is 504 g/mol. The Morgan fingerprint density at radius 3 is 2.79 bits per heavy atom. The van der Waals surface area contributed by atoms with Gasteiger partial charge in [-0.1, -0.05) is 30.7 Å². The van der Waals surface area contributed by atoms with Crippen LogP contribution in [0.1, 0.15) is 60.0 Å². The Morgan fingerprint density at radius 1 is 1.16 bits per heavy atom. The van der Waals surface area contributed by atoms with Gasteiger partial charge in [-0.25, -0.2) is 12.7 Å². The van der Waals surface area contributed by atoms with Gasteiger partial charge in [0.25, 0.3) is 15.9 Å². The number of methoxy groups -OCH3 is 1.